The van der Waals surface area contributed by atoms with Gasteiger partial charge in [0.05, 0.1) is 11.7 Å². The summed E-state index contributed by atoms with van der Waals surface area (Å²) in [5.74, 6) is 0. The van der Waals surface area contributed by atoms with Crippen LogP contribution in [0.15, 0.2) is 42.6 Å². The zero-order chi connectivity index (χ0) is 11.5. The molecular weight excluding hydrogens is 196 g/mol. The van der Waals surface area contributed by atoms with Crippen LogP contribution in [-0.2, 0) is 0 Å². The second-order valence-corrected chi connectivity index (χ2v) is 4.09. The summed E-state index contributed by atoms with van der Waals surface area (Å²) >= 11 is 0. The van der Waals surface area contributed by atoms with E-state index in [1.807, 2.05) is 30.5 Å². The molecule has 1 aromatic heterocycles. The highest BCUT2D eigenvalue weighted by Crippen LogP contribution is 2.21. The van der Waals surface area contributed by atoms with Crippen molar-refractivity contribution in [2.24, 2.45) is 5.73 Å². The molecule has 0 saturated heterocycles. The highest BCUT2D eigenvalue weighted by atomic mass is 14.8. The predicted molar refractivity (Wildman–Crippen MR) is 66.2 cm³/mol. The maximum atomic E-state index is 6.22. The first-order valence-electron chi connectivity index (χ1n) is 5.42. The van der Waals surface area contributed by atoms with E-state index in [2.05, 4.69) is 31.0 Å². The van der Waals surface area contributed by atoms with E-state index in [9.17, 15) is 0 Å². The van der Waals surface area contributed by atoms with Crippen molar-refractivity contribution in [2.75, 3.05) is 0 Å². The van der Waals surface area contributed by atoms with Crippen molar-refractivity contribution in [3.8, 4) is 0 Å². The quantitative estimate of drug-likeness (QED) is 0.831. The highest BCUT2D eigenvalue weighted by molar-refractivity contribution is 5.34. The van der Waals surface area contributed by atoms with Crippen molar-refractivity contribution in [3.05, 3.63) is 65.0 Å². The minimum absolute atomic E-state index is 0.138. The number of nitrogens with zero attached hydrogens (tertiary/aromatic N) is 1. The second-order valence-electron chi connectivity index (χ2n) is 4.09. The zero-order valence-electron chi connectivity index (χ0n) is 9.64. The van der Waals surface area contributed by atoms with Crippen LogP contribution in [0.4, 0.5) is 0 Å². The lowest BCUT2D eigenvalue weighted by atomic mass is 9.98. The number of aromatic nitrogens is 1. The molecule has 0 bridgehead atoms. The number of nitrogens with two attached hydrogens (primary N) is 1. The number of benzene rings is 1. The molecule has 0 aliphatic rings. The smallest absolute Gasteiger partial charge is 0.0729 e. The fraction of sp³-hybridized carbons (Fsp3) is 0.214. The van der Waals surface area contributed by atoms with E-state index in [1.165, 1.54) is 11.1 Å². The van der Waals surface area contributed by atoms with Gasteiger partial charge in [0.15, 0.2) is 0 Å². The number of rotatable bonds is 2. The lowest BCUT2D eigenvalue weighted by Gasteiger charge is -2.14. The number of hydrogen-bond donors (Lipinski definition) is 1. The monoisotopic (exact) mass is 212 g/mol. The van der Waals surface area contributed by atoms with Gasteiger partial charge in [0.1, 0.15) is 0 Å². The molecule has 0 saturated carbocycles. The van der Waals surface area contributed by atoms with Gasteiger partial charge in [-0.3, -0.25) is 4.98 Å². The van der Waals surface area contributed by atoms with Crippen LogP contribution in [0.1, 0.15) is 28.4 Å². The molecule has 1 atom stereocenters. The second kappa shape index (κ2) is 4.45. The summed E-state index contributed by atoms with van der Waals surface area (Å²) in [6, 6.07) is 12.1. The third-order valence-corrected chi connectivity index (χ3v) is 2.78. The zero-order valence-corrected chi connectivity index (χ0v) is 9.64. The summed E-state index contributed by atoms with van der Waals surface area (Å²) in [6.07, 6.45) is 1.81. The lowest BCUT2D eigenvalue weighted by Crippen LogP contribution is -2.14. The van der Waals surface area contributed by atoms with Crippen LogP contribution in [-0.4, -0.2) is 4.98 Å². The first-order chi connectivity index (χ1) is 7.68. The van der Waals surface area contributed by atoms with Crippen LogP contribution < -0.4 is 5.73 Å². The fourth-order valence-electron chi connectivity index (χ4n) is 1.82. The third kappa shape index (κ3) is 2.12. The molecule has 16 heavy (non-hydrogen) atoms. The van der Waals surface area contributed by atoms with Crippen LogP contribution in [0.2, 0.25) is 0 Å². The Balaban J connectivity index is 2.39. The maximum absolute atomic E-state index is 6.22. The number of aryl methyl sites for hydroxylation is 2. The topological polar surface area (TPSA) is 38.9 Å². The van der Waals surface area contributed by atoms with Gasteiger partial charge in [0.2, 0.25) is 0 Å². The molecule has 0 aliphatic carbocycles. The Bertz CT molecular complexity index is 492. The Kier molecular flexibility index (Phi) is 3.02. The predicted octanol–water partition coefficient (Wildman–Crippen LogP) is 2.75. The van der Waals surface area contributed by atoms with E-state index >= 15 is 0 Å². The molecule has 0 fully saturated rings. The molecule has 2 rings (SSSR count). The van der Waals surface area contributed by atoms with E-state index in [0.717, 1.165) is 11.3 Å². The van der Waals surface area contributed by atoms with Crippen molar-refractivity contribution >= 4 is 0 Å². The molecule has 1 heterocycles. The molecule has 2 nitrogen and oxygen atoms in total. The highest BCUT2D eigenvalue weighted by Gasteiger charge is 2.11. The van der Waals surface area contributed by atoms with Crippen LogP contribution in [0, 0.1) is 13.8 Å². The van der Waals surface area contributed by atoms with Crippen molar-refractivity contribution < 1.29 is 0 Å². The first-order valence-corrected chi connectivity index (χ1v) is 5.42. The van der Waals surface area contributed by atoms with Crippen molar-refractivity contribution in [1.29, 1.82) is 0 Å². The van der Waals surface area contributed by atoms with Crippen molar-refractivity contribution in [3.63, 3.8) is 0 Å². The Morgan fingerprint density at radius 3 is 2.56 bits per heavy atom. The van der Waals surface area contributed by atoms with Gasteiger partial charge in [-0.15, -0.1) is 0 Å². The molecule has 0 amide bonds. The van der Waals surface area contributed by atoms with Gasteiger partial charge in [0.25, 0.3) is 0 Å². The average Bonchev–Trinajstić information content (AvgIpc) is 2.29. The molecule has 0 spiro atoms. The number of pyridine rings is 1. The molecule has 2 aromatic rings. The molecule has 82 valence electrons. The number of hydrogen-bond acceptors (Lipinski definition) is 2. The summed E-state index contributed by atoms with van der Waals surface area (Å²) in [6.45, 7) is 4.13. The summed E-state index contributed by atoms with van der Waals surface area (Å²) in [4.78, 5) is 4.33. The van der Waals surface area contributed by atoms with Crippen LogP contribution in [0.25, 0.3) is 0 Å². The van der Waals surface area contributed by atoms with Gasteiger partial charge in [-0.25, -0.2) is 0 Å². The average molecular weight is 212 g/mol. The van der Waals surface area contributed by atoms with Crippen LogP contribution in [0.5, 0.6) is 0 Å². The molecular formula is C14H16N2. The van der Waals surface area contributed by atoms with Crippen molar-refractivity contribution in [2.45, 2.75) is 19.9 Å². The molecule has 0 aliphatic heterocycles. The van der Waals surface area contributed by atoms with Gasteiger partial charge in [0, 0.05) is 6.20 Å². The fourth-order valence-corrected chi connectivity index (χ4v) is 1.82. The largest absolute Gasteiger partial charge is 0.319 e. The van der Waals surface area contributed by atoms with Gasteiger partial charge in [-0.2, -0.15) is 0 Å². The molecule has 2 heteroatoms. The summed E-state index contributed by atoms with van der Waals surface area (Å²) in [5.41, 5.74) is 10.7. The third-order valence-electron chi connectivity index (χ3n) is 2.78. The Labute approximate surface area is 96.1 Å². The standard InChI is InChI=1S/C14H16N2/c1-10-7-8-16-13(9-10)14(15)12-6-4-3-5-11(12)2/h3-9,14H,15H2,1-2H3. The molecule has 0 radical (unpaired) electrons. The Morgan fingerprint density at radius 1 is 1.12 bits per heavy atom. The Hall–Kier alpha value is -1.67. The van der Waals surface area contributed by atoms with Gasteiger partial charge < -0.3 is 5.73 Å². The van der Waals surface area contributed by atoms with Crippen LogP contribution in [0.3, 0.4) is 0 Å². The molecule has 1 aromatic carbocycles. The molecule has 1 unspecified atom stereocenters. The molecule has 2 N–H and O–H groups in total. The SMILES string of the molecule is Cc1ccnc(C(N)c2ccccc2C)c1. The minimum Gasteiger partial charge on any atom is -0.319 e. The van der Waals surface area contributed by atoms with Gasteiger partial charge >= 0.3 is 0 Å². The van der Waals surface area contributed by atoms with Crippen LogP contribution >= 0.6 is 0 Å². The normalized spacial score (nSPS) is 12.4. The Morgan fingerprint density at radius 2 is 1.88 bits per heavy atom. The van der Waals surface area contributed by atoms with Gasteiger partial charge in [-0.1, -0.05) is 24.3 Å². The maximum Gasteiger partial charge on any atom is 0.0729 e. The minimum atomic E-state index is -0.138. The van der Waals surface area contributed by atoms with E-state index in [4.69, 9.17) is 5.73 Å². The van der Waals surface area contributed by atoms with Crippen molar-refractivity contribution in [1.82, 2.24) is 4.98 Å². The summed E-state index contributed by atoms with van der Waals surface area (Å²) in [5, 5.41) is 0. The van der Waals surface area contributed by atoms with E-state index in [1.54, 1.807) is 0 Å². The lowest BCUT2D eigenvalue weighted by molar-refractivity contribution is 0.819. The van der Waals surface area contributed by atoms with Gasteiger partial charge in [-0.05, 0) is 42.7 Å². The van der Waals surface area contributed by atoms with E-state index < -0.39 is 0 Å². The van der Waals surface area contributed by atoms with E-state index in [0.29, 0.717) is 0 Å². The summed E-state index contributed by atoms with van der Waals surface area (Å²) < 4.78 is 0. The first kappa shape index (κ1) is 10.8. The summed E-state index contributed by atoms with van der Waals surface area (Å²) in [7, 11) is 0. The van der Waals surface area contributed by atoms with E-state index in [-0.39, 0.29) is 6.04 Å².